The van der Waals surface area contributed by atoms with E-state index in [1.54, 1.807) is 30.9 Å². The zero-order valence-corrected chi connectivity index (χ0v) is 24.1. The predicted octanol–water partition coefficient (Wildman–Crippen LogP) is 7.59. The third-order valence-corrected chi connectivity index (χ3v) is 6.63. The van der Waals surface area contributed by atoms with Crippen LogP contribution in [0.5, 0.6) is 0 Å². The normalized spacial score (nSPS) is 11.8. The third-order valence-electron chi connectivity index (χ3n) is 6.63. The van der Waals surface area contributed by atoms with E-state index in [2.05, 4.69) is 77.5 Å². The Morgan fingerprint density at radius 2 is 1.17 bits per heavy atom. The SMILES string of the molecule is CCCCCCCCc1ccc(Nc2nc(NN=C(C)c3ccncc3)cc(NN=C(C)c3ccncc3)n2)cc1. The Labute approximate surface area is 242 Å². The van der Waals surface area contributed by atoms with Crippen molar-refractivity contribution in [1.82, 2.24) is 19.9 Å². The second-order valence-electron chi connectivity index (χ2n) is 9.89. The lowest BCUT2D eigenvalue weighted by Gasteiger charge is -2.11. The van der Waals surface area contributed by atoms with Gasteiger partial charge in [-0.2, -0.15) is 20.2 Å². The minimum Gasteiger partial charge on any atom is -0.324 e. The van der Waals surface area contributed by atoms with Gasteiger partial charge in [0.1, 0.15) is 0 Å². The van der Waals surface area contributed by atoms with E-state index >= 15 is 0 Å². The summed E-state index contributed by atoms with van der Waals surface area (Å²) in [6, 6.07) is 17.9. The van der Waals surface area contributed by atoms with Crippen LogP contribution in [-0.2, 0) is 6.42 Å². The number of rotatable bonds is 15. The highest BCUT2D eigenvalue weighted by atomic mass is 15.4. The largest absolute Gasteiger partial charge is 0.324 e. The number of hydrogen-bond acceptors (Lipinski definition) is 9. The number of nitrogens with one attached hydrogen (secondary N) is 3. The molecule has 41 heavy (non-hydrogen) atoms. The number of nitrogens with zero attached hydrogens (tertiary/aromatic N) is 6. The highest BCUT2D eigenvalue weighted by Gasteiger charge is 2.07. The number of pyridine rings is 2. The van der Waals surface area contributed by atoms with Crippen LogP contribution in [0.4, 0.5) is 23.3 Å². The molecule has 0 radical (unpaired) electrons. The number of unbranched alkanes of at least 4 members (excludes halogenated alkanes) is 5. The molecular formula is C32H39N9. The van der Waals surface area contributed by atoms with Gasteiger partial charge in [0, 0.05) is 47.7 Å². The first kappa shape index (κ1) is 29.3. The molecule has 0 spiro atoms. The van der Waals surface area contributed by atoms with Gasteiger partial charge in [-0.25, -0.2) is 0 Å². The molecule has 0 amide bonds. The predicted molar refractivity (Wildman–Crippen MR) is 169 cm³/mol. The topological polar surface area (TPSA) is 112 Å². The zero-order valence-electron chi connectivity index (χ0n) is 24.1. The number of aryl methyl sites for hydroxylation is 1. The Hall–Kier alpha value is -4.66. The van der Waals surface area contributed by atoms with Gasteiger partial charge in [-0.1, -0.05) is 51.2 Å². The second-order valence-corrected chi connectivity index (χ2v) is 9.89. The summed E-state index contributed by atoms with van der Waals surface area (Å²) in [6.07, 6.45) is 15.9. The van der Waals surface area contributed by atoms with Gasteiger partial charge in [-0.05, 0) is 68.7 Å². The average molecular weight is 550 g/mol. The molecule has 3 N–H and O–H groups in total. The number of anilines is 4. The van der Waals surface area contributed by atoms with Gasteiger partial charge in [0.25, 0.3) is 0 Å². The van der Waals surface area contributed by atoms with Crippen molar-refractivity contribution in [2.45, 2.75) is 65.7 Å². The van der Waals surface area contributed by atoms with E-state index in [9.17, 15) is 0 Å². The fourth-order valence-electron chi connectivity index (χ4n) is 4.21. The highest BCUT2D eigenvalue weighted by Crippen LogP contribution is 2.20. The molecule has 3 aromatic heterocycles. The first-order valence-corrected chi connectivity index (χ1v) is 14.3. The molecule has 0 aliphatic carbocycles. The summed E-state index contributed by atoms with van der Waals surface area (Å²) in [6.45, 7) is 6.11. The Morgan fingerprint density at radius 3 is 1.71 bits per heavy atom. The van der Waals surface area contributed by atoms with Gasteiger partial charge >= 0.3 is 0 Å². The molecule has 212 valence electrons. The molecule has 0 atom stereocenters. The van der Waals surface area contributed by atoms with Gasteiger partial charge in [0.2, 0.25) is 5.95 Å². The monoisotopic (exact) mass is 549 g/mol. The number of aromatic nitrogens is 4. The molecule has 0 bridgehead atoms. The van der Waals surface area contributed by atoms with Gasteiger partial charge in [0.05, 0.1) is 11.4 Å². The molecule has 3 heterocycles. The summed E-state index contributed by atoms with van der Waals surface area (Å²) < 4.78 is 0. The van der Waals surface area contributed by atoms with Crippen LogP contribution in [0.25, 0.3) is 0 Å². The van der Waals surface area contributed by atoms with Crippen LogP contribution in [0.15, 0.2) is 89.6 Å². The van der Waals surface area contributed by atoms with E-state index in [0.717, 1.165) is 34.7 Å². The van der Waals surface area contributed by atoms with Crippen molar-refractivity contribution in [3.8, 4) is 0 Å². The van der Waals surface area contributed by atoms with E-state index in [-0.39, 0.29) is 0 Å². The van der Waals surface area contributed by atoms with Gasteiger partial charge in [-0.15, -0.1) is 0 Å². The van der Waals surface area contributed by atoms with Crippen LogP contribution >= 0.6 is 0 Å². The van der Waals surface area contributed by atoms with Crippen molar-refractivity contribution in [3.63, 3.8) is 0 Å². The summed E-state index contributed by atoms with van der Waals surface area (Å²) in [7, 11) is 0. The molecule has 0 fully saturated rings. The maximum atomic E-state index is 4.64. The number of hydrazone groups is 2. The molecular weight excluding hydrogens is 510 g/mol. The first-order valence-electron chi connectivity index (χ1n) is 14.3. The quantitative estimate of drug-likeness (QED) is 0.0795. The lowest BCUT2D eigenvalue weighted by atomic mass is 10.0. The van der Waals surface area contributed by atoms with Gasteiger partial charge < -0.3 is 5.32 Å². The van der Waals surface area contributed by atoms with E-state index in [1.807, 2.05) is 38.1 Å². The minimum absolute atomic E-state index is 0.426. The summed E-state index contributed by atoms with van der Waals surface area (Å²) in [4.78, 5) is 17.4. The van der Waals surface area contributed by atoms with Crippen molar-refractivity contribution < 1.29 is 0 Å². The first-order chi connectivity index (χ1) is 20.1. The minimum atomic E-state index is 0.426. The molecule has 0 aliphatic heterocycles. The average Bonchev–Trinajstić information content (AvgIpc) is 3.02. The Balaban J connectivity index is 1.47. The van der Waals surface area contributed by atoms with Crippen molar-refractivity contribution >= 4 is 34.7 Å². The summed E-state index contributed by atoms with van der Waals surface area (Å²) in [5.41, 5.74) is 11.9. The molecule has 9 nitrogen and oxygen atoms in total. The Bertz CT molecular complexity index is 1330. The van der Waals surface area contributed by atoms with Crippen molar-refractivity contribution in [3.05, 3.63) is 96.1 Å². The van der Waals surface area contributed by atoms with Gasteiger partial charge in [-0.3, -0.25) is 20.8 Å². The van der Waals surface area contributed by atoms with Crippen molar-refractivity contribution in [2.75, 3.05) is 16.2 Å². The molecule has 4 rings (SSSR count). The van der Waals surface area contributed by atoms with Crippen LogP contribution in [0.3, 0.4) is 0 Å². The van der Waals surface area contributed by atoms with Crippen LogP contribution in [0.2, 0.25) is 0 Å². The van der Waals surface area contributed by atoms with Crippen molar-refractivity contribution in [2.24, 2.45) is 10.2 Å². The Kier molecular flexibility index (Phi) is 11.3. The molecule has 0 saturated heterocycles. The van der Waals surface area contributed by atoms with E-state index in [0.29, 0.717) is 17.6 Å². The number of hydrogen-bond donors (Lipinski definition) is 3. The lowest BCUT2D eigenvalue weighted by molar-refractivity contribution is 0.607. The van der Waals surface area contributed by atoms with Crippen LogP contribution in [0.1, 0.15) is 76.0 Å². The molecule has 0 saturated carbocycles. The fraction of sp³-hybridized carbons (Fsp3) is 0.312. The molecule has 0 aliphatic rings. The smallest absolute Gasteiger partial charge is 0.231 e. The Morgan fingerprint density at radius 1 is 0.659 bits per heavy atom. The van der Waals surface area contributed by atoms with Gasteiger partial charge in [0.15, 0.2) is 11.6 Å². The van der Waals surface area contributed by atoms with E-state index < -0.39 is 0 Å². The summed E-state index contributed by atoms with van der Waals surface area (Å²) in [5.74, 6) is 1.47. The second kappa shape index (κ2) is 15.8. The van der Waals surface area contributed by atoms with E-state index in [4.69, 9.17) is 0 Å². The highest BCUT2D eigenvalue weighted by molar-refractivity contribution is 5.99. The molecule has 4 aromatic rings. The summed E-state index contributed by atoms with van der Waals surface area (Å²) in [5, 5.41) is 12.3. The maximum absolute atomic E-state index is 4.64. The molecule has 1 aromatic carbocycles. The van der Waals surface area contributed by atoms with E-state index in [1.165, 1.54) is 44.1 Å². The van der Waals surface area contributed by atoms with Crippen LogP contribution in [0, 0.1) is 0 Å². The van der Waals surface area contributed by atoms with Crippen LogP contribution < -0.4 is 16.2 Å². The maximum Gasteiger partial charge on any atom is 0.231 e. The molecule has 0 unspecified atom stereocenters. The third kappa shape index (κ3) is 9.79. The molecule has 9 heteroatoms. The van der Waals surface area contributed by atoms with Crippen LogP contribution in [-0.4, -0.2) is 31.4 Å². The number of benzene rings is 1. The zero-order chi connectivity index (χ0) is 28.7. The summed E-state index contributed by atoms with van der Waals surface area (Å²) >= 11 is 0. The lowest BCUT2D eigenvalue weighted by Crippen LogP contribution is -2.06. The van der Waals surface area contributed by atoms with Crippen molar-refractivity contribution in [1.29, 1.82) is 0 Å². The fourth-order valence-corrected chi connectivity index (χ4v) is 4.21. The standard InChI is InChI=1S/C32H39N9/c1-4-5-6-7-8-9-10-26-11-13-29(14-12-26)35-32-36-30(40-38-24(2)27-15-19-33-20-16-27)23-31(37-32)41-39-25(3)28-17-21-34-22-18-28/h11-23H,4-10H2,1-3H3,(H3,35,36,37,40,41).